The van der Waals surface area contributed by atoms with Gasteiger partial charge >= 0.3 is 12.1 Å². The zero-order chi connectivity index (χ0) is 38.9. The molecule has 53 heavy (non-hydrogen) atoms. The molecule has 1 saturated heterocycles. The van der Waals surface area contributed by atoms with E-state index in [-0.39, 0.29) is 53.6 Å². The number of ether oxygens (including phenoxy) is 4. The molecule has 1 saturated carbocycles. The van der Waals surface area contributed by atoms with Gasteiger partial charge < -0.3 is 34.5 Å². The molecule has 2 aromatic carbocycles. The molecule has 4 rings (SSSR count). The van der Waals surface area contributed by atoms with Gasteiger partial charge in [-0.15, -0.1) is 0 Å². The molecular weight excluding hydrogens is 721 g/mol. The van der Waals surface area contributed by atoms with E-state index < -0.39 is 39.7 Å². The highest BCUT2D eigenvalue weighted by molar-refractivity contribution is 7.92. The number of halogens is 3. The topological polar surface area (TPSA) is 162 Å². The largest absolute Gasteiger partial charge is 0.493 e. The fourth-order valence-corrected chi connectivity index (χ4v) is 7.10. The fourth-order valence-electron chi connectivity index (χ4n) is 6.54. The summed E-state index contributed by atoms with van der Waals surface area (Å²) in [7, 11) is -0.718. The summed E-state index contributed by atoms with van der Waals surface area (Å²) in [5.74, 6) is -4.50. The van der Waals surface area contributed by atoms with E-state index in [9.17, 15) is 36.0 Å². The third-order valence-electron chi connectivity index (χ3n) is 9.08. The van der Waals surface area contributed by atoms with Crippen LogP contribution in [0.5, 0.6) is 17.2 Å². The Morgan fingerprint density at radius 3 is 2.34 bits per heavy atom. The molecule has 1 aliphatic carbocycles. The molecule has 13 nitrogen and oxygen atoms in total. The normalized spacial score (nSPS) is 18.2. The maximum atomic E-state index is 14.2. The van der Waals surface area contributed by atoms with Gasteiger partial charge in [-0.2, -0.15) is 13.2 Å². The molecule has 1 aliphatic heterocycles. The minimum atomic E-state index is -5.34. The van der Waals surface area contributed by atoms with Gasteiger partial charge in [-0.1, -0.05) is 12.1 Å². The van der Waals surface area contributed by atoms with Crippen molar-refractivity contribution in [2.45, 2.75) is 82.6 Å². The van der Waals surface area contributed by atoms with Crippen molar-refractivity contribution in [2.24, 2.45) is 5.92 Å². The van der Waals surface area contributed by atoms with Gasteiger partial charge in [-0.05, 0) is 81.7 Å². The van der Waals surface area contributed by atoms with E-state index in [2.05, 4.69) is 15.4 Å². The Morgan fingerprint density at radius 1 is 1.02 bits per heavy atom. The first-order valence-electron chi connectivity index (χ1n) is 17.6. The summed E-state index contributed by atoms with van der Waals surface area (Å²) in [6.45, 7) is 4.63. The third-order valence-corrected chi connectivity index (χ3v) is 9.69. The molecule has 3 atom stereocenters. The van der Waals surface area contributed by atoms with Crippen LogP contribution in [-0.4, -0.2) is 102 Å². The van der Waals surface area contributed by atoms with E-state index in [4.69, 9.17) is 18.9 Å². The minimum Gasteiger partial charge on any atom is -0.493 e. The summed E-state index contributed by atoms with van der Waals surface area (Å²) in [6.07, 6.45) is -0.267. The number of esters is 1. The molecule has 0 radical (unpaired) electrons. The first-order chi connectivity index (χ1) is 25.0. The SMILES string of the molecule is COCCCOc1c(OC)ccc(C(=O)N(C(C)C)[C@@H]2CC[C@H](CCNC(=O)[C@@H](c3cccc(NS(C)(=O)=O)c3)C3CC3)NC2)c1OC(=O)C(F)(F)F. The van der Waals surface area contributed by atoms with Crippen LogP contribution in [0.1, 0.15) is 74.2 Å². The third kappa shape index (κ3) is 11.7. The summed E-state index contributed by atoms with van der Waals surface area (Å²) in [5, 5.41) is 6.49. The summed E-state index contributed by atoms with van der Waals surface area (Å²) in [6, 6.07) is 8.81. The van der Waals surface area contributed by atoms with Crippen LogP contribution < -0.4 is 29.6 Å². The maximum absolute atomic E-state index is 14.2. The highest BCUT2D eigenvalue weighted by atomic mass is 32.2. The van der Waals surface area contributed by atoms with Crippen LogP contribution in [0.15, 0.2) is 36.4 Å². The molecule has 2 fully saturated rings. The number of nitrogens with zero attached hydrogens (tertiary/aromatic N) is 1. The van der Waals surface area contributed by atoms with Crippen molar-refractivity contribution in [3.8, 4) is 17.2 Å². The zero-order valence-electron chi connectivity index (χ0n) is 30.6. The van der Waals surface area contributed by atoms with Crippen molar-refractivity contribution in [2.75, 3.05) is 51.5 Å². The lowest BCUT2D eigenvalue weighted by molar-refractivity contribution is -0.189. The van der Waals surface area contributed by atoms with Gasteiger partial charge in [0.05, 0.1) is 31.5 Å². The standard InChI is InChI=1S/C36H49F3N4O9S/c1-22(2)43(34(45)28-14-15-29(50-4)32(51-19-7-18-49-3)31(28)52-35(46)36(37,38)39)27-13-12-25(41-21-27)16-17-40-33(44)30(23-10-11-23)24-8-6-9-26(20-24)42-53(5,47)48/h6,8-9,14-15,20,22-23,25,27,30,41-42H,7,10-13,16-19,21H2,1-5H3,(H,40,44)/t25-,27-,30-/m1/s1. The molecule has 294 valence electrons. The number of benzene rings is 2. The highest BCUT2D eigenvalue weighted by Gasteiger charge is 2.44. The number of carbonyl (C=O) groups excluding carboxylic acids is 3. The Hall–Kier alpha value is -4.09. The van der Waals surface area contributed by atoms with E-state index in [1.165, 1.54) is 26.4 Å². The predicted molar refractivity (Wildman–Crippen MR) is 191 cm³/mol. The molecule has 2 aliphatic rings. The van der Waals surface area contributed by atoms with E-state index in [1.54, 1.807) is 36.9 Å². The molecule has 0 unspecified atom stereocenters. The van der Waals surface area contributed by atoms with Crippen LogP contribution in [-0.2, 0) is 24.3 Å². The number of piperidine rings is 1. The van der Waals surface area contributed by atoms with Gasteiger partial charge in [0, 0.05) is 57.0 Å². The first kappa shape index (κ1) is 41.7. The number of rotatable bonds is 18. The number of anilines is 1. The predicted octanol–water partition coefficient (Wildman–Crippen LogP) is 4.62. The molecule has 17 heteroatoms. The molecule has 0 spiro atoms. The van der Waals surface area contributed by atoms with Crippen molar-refractivity contribution in [3.05, 3.63) is 47.5 Å². The molecule has 2 amide bonds. The van der Waals surface area contributed by atoms with Gasteiger partial charge in [0.25, 0.3) is 5.91 Å². The maximum Gasteiger partial charge on any atom is 0.491 e. The minimum absolute atomic E-state index is 0.0159. The van der Waals surface area contributed by atoms with Crippen LogP contribution in [0.4, 0.5) is 18.9 Å². The van der Waals surface area contributed by atoms with Crippen molar-refractivity contribution in [3.63, 3.8) is 0 Å². The Kier molecular flexibility index (Phi) is 14.4. The van der Waals surface area contributed by atoms with Crippen molar-refractivity contribution in [1.82, 2.24) is 15.5 Å². The molecule has 2 aromatic rings. The fraction of sp³-hybridized carbons (Fsp3) is 0.583. The number of sulfonamides is 1. The molecular formula is C36H49F3N4O9S. The first-order valence-corrected chi connectivity index (χ1v) is 19.5. The molecule has 0 bridgehead atoms. The summed E-state index contributed by atoms with van der Waals surface area (Å²) < 4.78 is 86.9. The average molecular weight is 771 g/mol. The van der Waals surface area contributed by atoms with Crippen LogP contribution in [0, 0.1) is 5.92 Å². The van der Waals surface area contributed by atoms with E-state index in [1.807, 2.05) is 6.07 Å². The monoisotopic (exact) mass is 770 g/mol. The number of alkyl halides is 3. The second-order valence-corrected chi connectivity index (χ2v) is 15.3. The second kappa shape index (κ2) is 18.3. The van der Waals surface area contributed by atoms with E-state index in [0.29, 0.717) is 51.1 Å². The summed E-state index contributed by atoms with van der Waals surface area (Å²) in [4.78, 5) is 41.1. The van der Waals surface area contributed by atoms with Gasteiger partial charge in [0.1, 0.15) is 0 Å². The Labute approximate surface area is 308 Å². The quantitative estimate of drug-likeness (QED) is 0.111. The van der Waals surface area contributed by atoms with Crippen LogP contribution in [0.3, 0.4) is 0 Å². The van der Waals surface area contributed by atoms with Gasteiger partial charge in [-0.3, -0.25) is 14.3 Å². The smallest absolute Gasteiger partial charge is 0.491 e. The van der Waals surface area contributed by atoms with Crippen LogP contribution >= 0.6 is 0 Å². The van der Waals surface area contributed by atoms with Crippen LogP contribution in [0.2, 0.25) is 0 Å². The van der Waals surface area contributed by atoms with Crippen LogP contribution in [0.25, 0.3) is 0 Å². The van der Waals surface area contributed by atoms with Gasteiger partial charge in [0.2, 0.25) is 21.7 Å². The highest BCUT2D eigenvalue weighted by Crippen LogP contribution is 2.44. The Morgan fingerprint density at radius 2 is 1.75 bits per heavy atom. The number of methoxy groups -OCH3 is 2. The number of hydrogen-bond donors (Lipinski definition) is 3. The number of nitrogens with one attached hydrogen (secondary N) is 3. The Balaban J connectivity index is 1.42. The number of amides is 2. The lowest BCUT2D eigenvalue weighted by Gasteiger charge is -2.40. The Bertz CT molecular complexity index is 1700. The lowest BCUT2D eigenvalue weighted by Crippen LogP contribution is -2.54. The van der Waals surface area contributed by atoms with Gasteiger partial charge in [-0.25, -0.2) is 13.2 Å². The number of hydrogen-bond acceptors (Lipinski definition) is 10. The van der Waals surface area contributed by atoms with Gasteiger partial charge in [0.15, 0.2) is 11.5 Å². The summed E-state index contributed by atoms with van der Waals surface area (Å²) in [5.41, 5.74) is 0.857. The lowest BCUT2D eigenvalue weighted by atomic mass is 9.92. The summed E-state index contributed by atoms with van der Waals surface area (Å²) >= 11 is 0. The van der Waals surface area contributed by atoms with E-state index >= 15 is 0 Å². The van der Waals surface area contributed by atoms with Crippen molar-refractivity contribution in [1.29, 1.82) is 0 Å². The number of carbonyl (C=O) groups is 3. The molecule has 1 heterocycles. The molecule has 3 N–H and O–H groups in total. The average Bonchev–Trinajstić information content (AvgIpc) is 3.92. The van der Waals surface area contributed by atoms with Crippen molar-refractivity contribution < 1.29 is 54.9 Å². The second-order valence-electron chi connectivity index (χ2n) is 13.6. The van der Waals surface area contributed by atoms with E-state index in [0.717, 1.165) is 24.7 Å². The zero-order valence-corrected chi connectivity index (χ0v) is 31.4. The molecule has 0 aromatic heterocycles. The van der Waals surface area contributed by atoms with Crippen molar-refractivity contribution >= 4 is 33.5 Å².